The van der Waals surface area contributed by atoms with Crippen LogP contribution >= 0.6 is 0 Å². The third kappa shape index (κ3) is 3.02. The maximum Gasteiger partial charge on any atom is 0.207 e. The molecule has 17 heavy (non-hydrogen) atoms. The van der Waals surface area contributed by atoms with Gasteiger partial charge in [0.1, 0.15) is 6.10 Å². The first-order chi connectivity index (χ1) is 7.76. The summed E-state index contributed by atoms with van der Waals surface area (Å²) in [7, 11) is -4.21. The number of hydrogen-bond acceptors (Lipinski definition) is 6. The molecule has 1 rings (SSSR count). The second-order valence-corrected chi connectivity index (χ2v) is 5.70. The average Bonchev–Trinajstić information content (AvgIpc) is 2.27. The minimum Gasteiger partial charge on any atom is -0.384 e. The van der Waals surface area contributed by atoms with Gasteiger partial charge in [-0.15, -0.1) is 0 Å². The molecule has 0 amide bonds. The van der Waals surface area contributed by atoms with Gasteiger partial charge >= 0.3 is 0 Å². The van der Waals surface area contributed by atoms with Crippen molar-refractivity contribution in [1.82, 2.24) is 0 Å². The molecule has 0 aliphatic rings. The Morgan fingerprint density at radius 1 is 1.00 bits per heavy atom. The van der Waals surface area contributed by atoms with E-state index < -0.39 is 27.7 Å². The molecular formula is C10H14O6S. The average molecular weight is 262 g/mol. The van der Waals surface area contributed by atoms with Crippen molar-refractivity contribution in [2.75, 3.05) is 0 Å². The Bertz CT molecular complexity index is 464. The van der Waals surface area contributed by atoms with Gasteiger partial charge in [0, 0.05) is 0 Å². The molecule has 0 radical (unpaired) electrons. The predicted octanol–water partition coefficient (Wildman–Crippen LogP) is -1.24. The highest BCUT2D eigenvalue weighted by Gasteiger charge is 2.35. The molecule has 0 bridgehead atoms. The van der Waals surface area contributed by atoms with E-state index in [-0.39, 0.29) is 4.90 Å². The van der Waals surface area contributed by atoms with Crippen LogP contribution in [0.25, 0.3) is 0 Å². The maximum absolute atomic E-state index is 11.8. The summed E-state index contributed by atoms with van der Waals surface area (Å²) in [5.41, 5.74) is -1.45. The summed E-state index contributed by atoms with van der Waals surface area (Å²) in [5.74, 6) is 0. The Kier molecular flexibility index (Phi) is 4.23. The van der Waals surface area contributed by atoms with Gasteiger partial charge in [-0.25, -0.2) is 8.42 Å². The molecule has 0 aliphatic carbocycles. The van der Waals surface area contributed by atoms with Crippen molar-refractivity contribution in [2.45, 2.75) is 29.6 Å². The van der Waals surface area contributed by atoms with Gasteiger partial charge in [-0.05, 0) is 19.1 Å². The number of benzene rings is 1. The van der Waals surface area contributed by atoms with Gasteiger partial charge in [-0.2, -0.15) is 0 Å². The Labute approximate surface area is 98.7 Å². The van der Waals surface area contributed by atoms with Gasteiger partial charge in [-0.1, -0.05) is 17.7 Å². The summed E-state index contributed by atoms with van der Waals surface area (Å²) in [6.07, 6.45) is -4.51. The zero-order chi connectivity index (χ0) is 13.2. The number of aryl methyl sites for hydroxylation is 1. The van der Waals surface area contributed by atoms with Crippen molar-refractivity contribution in [1.29, 1.82) is 0 Å². The van der Waals surface area contributed by atoms with Gasteiger partial charge in [0.2, 0.25) is 9.84 Å². The van der Waals surface area contributed by atoms with Crippen molar-refractivity contribution in [3.63, 3.8) is 0 Å². The third-order valence-electron chi connectivity index (χ3n) is 2.27. The fourth-order valence-electron chi connectivity index (χ4n) is 1.20. The Morgan fingerprint density at radius 2 is 1.47 bits per heavy atom. The zero-order valence-corrected chi connectivity index (χ0v) is 9.87. The summed E-state index contributed by atoms with van der Waals surface area (Å²) in [4.78, 5) is -0.199. The Balaban J connectivity index is 3.07. The molecule has 0 aromatic heterocycles. The molecule has 0 aliphatic heterocycles. The van der Waals surface area contributed by atoms with Crippen molar-refractivity contribution in [3.05, 3.63) is 29.8 Å². The molecule has 0 heterocycles. The number of sulfone groups is 1. The highest BCUT2D eigenvalue weighted by molar-refractivity contribution is 7.92. The van der Waals surface area contributed by atoms with Crippen LogP contribution < -0.4 is 0 Å². The second kappa shape index (κ2) is 5.11. The number of aliphatic hydroxyl groups excluding tert-OH is 3. The topological polar surface area (TPSA) is 115 Å². The van der Waals surface area contributed by atoms with E-state index in [0.29, 0.717) is 0 Å². The molecule has 2 atom stereocenters. The lowest BCUT2D eigenvalue weighted by molar-refractivity contribution is -0.142. The van der Waals surface area contributed by atoms with Crippen molar-refractivity contribution in [2.24, 2.45) is 0 Å². The minimum absolute atomic E-state index is 0.199. The lowest BCUT2D eigenvalue weighted by Gasteiger charge is -2.19. The van der Waals surface area contributed by atoms with Crippen LogP contribution in [0.2, 0.25) is 0 Å². The zero-order valence-electron chi connectivity index (χ0n) is 9.06. The summed E-state index contributed by atoms with van der Waals surface area (Å²) < 4.78 is 23.5. The lowest BCUT2D eigenvalue weighted by Crippen LogP contribution is -2.42. The van der Waals surface area contributed by atoms with Crippen LogP contribution in [0.3, 0.4) is 0 Å². The Morgan fingerprint density at radius 3 is 1.88 bits per heavy atom. The van der Waals surface area contributed by atoms with Crippen LogP contribution in [-0.2, 0) is 9.84 Å². The van der Waals surface area contributed by atoms with Gasteiger partial charge in [0.05, 0.1) is 4.90 Å². The fourth-order valence-corrected chi connectivity index (χ4v) is 2.50. The smallest absolute Gasteiger partial charge is 0.207 e. The maximum atomic E-state index is 11.8. The number of aliphatic hydroxyl groups is 4. The quantitative estimate of drug-likeness (QED) is 0.504. The van der Waals surface area contributed by atoms with Gasteiger partial charge in [0.25, 0.3) is 0 Å². The molecule has 1 aromatic rings. The molecule has 0 spiro atoms. The molecule has 0 saturated carbocycles. The first kappa shape index (κ1) is 14.1. The highest BCUT2D eigenvalue weighted by atomic mass is 32.2. The van der Waals surface area contributed by atoms with Crippen molar-refractivity contribution < 1.29 is 28.8 Å². The minimum atomic E-state index is -4.21. The van der Waals surface area contributed by atoms with Crippen LogP contribution in [0.4, 0.5) is 0 Å². The molecule has 1 aromatic carbocycles. The SMILES string of the molecule is Cc1ccc(S(=O)(=O)C(O)C(O)C(O)O)cc1. The molecule has 7 heteroatoms. The molecule has 0 fully saturated rings. The molecule has 2 unspecified atom stereocenters. The molecule has 96 valence electrons. The Hall–Kier alpha value is -0.990. The van der Waals surface area contributed by atoms with E-state index >= 15 is 0 Å². The summed E-state index contributed by atoms with van der Waals surface area (Å²) in [5, 5.41) is 35.8. The van der Waals surface area contributed by atoms with Crippen LogP contribution in [-0.4, -0.2) is 46.7 Å². The molecule has 6 nitrogen and oxygen atoms in total. The second-order valence-electron chi connectivity index (χ2n) is 3.65. The van der Waals surface area contributed by atoms with Crippen molar-refractivity contribution in [3.8, 4) is 0 Å². The lowest BCUT2D eigenvalue weighted by atomic mass is 10.2. The largest absolute Gasteiger partial charge is 0.384 e. The van der Waals surface area contributed by atoms with Crippen molar-refractivity contribution >= 4 is 9.84 Å². The summed E-state index contributed by atoms with van der Waals surface area (Å²) in [6.45, 7) is 1.76. The van der Waals surface area contributed by atoms with E-state index in [9.17, 15) is 13.5 Å². The van der Waals surface area contributed by atoms with Crippen LogP contribution in [0.1, 0.15) is 5.56 Å². The van der Waals surface area contributed by atoms with E-state index in [1.807, 2.05) is 0 Å². The van der Waals surface area contributed by atoms with E-state index in [1.165, 1.54) is 24.3 Å². The monoisotopic (exact) mass is 262 g/mol. The number of hydrogen-bond donors (Lipinski definition) is 4. The first-order valence-corrected chi connectivity index (χ1v) is 6.34. The van der Waals surface area contributed by atoms with E-state index in [4.69, 9.17) is 15.3 Å². The molecule has 0 saturated heterocycles. The van der Waals surface area contributed by atoms with Crippen LogP contribution in [0.15, 0.2) is 29.2 Å². The van der Waals surface area contributed by atoms with Crippen LogP contribution in [0, 0.1) is 6.92 Å². The van der Waals surface area contributed by atoms with E-state index in [0.717, 1.165) is 5.56 Å². The van der Waals surface area contributed by atoms with E-state index in [1.54, 1.807) is 6.92 Å². The molecular weight excluding hydrogens is 248 g/mol. The fraction of sp³-hybridized carbons (Fsp3) is 0.400. The third-order valence-corrected chi connectivity index (χ3v) is 4.11. The normalized spacial score (nSPS) is 15.9. The highest BCUT2D eigenvalue weighted by Crippen LogP contribution is 2.18. The number of rotatable bonds is 4. The molecule has 4 N–H and O–H groups in total. The van der Waals surface area contributed by atoms with Gasteiger partial charge < -0.3 is 20.4 Å². The summed E-state index contributed by atoms with van der Waals surface area (Å²) >= 11 is 0. The van der Waals surface area contributed by atoms with Gasteiger partial charge in [-0.3, -0.25) is 0 Å². The van der Waals surface area contributed by atoms with E-state index in [2.05, 4.69) is 0 Å². The predicted molar refractivity (Wildman–Crippen MR) is 58.6 cm³/mol. The first-order valence-electron chi connectivity index (χ1n) is 4.79. The standard InChI is InChI=1S/C10H14O6S/c1-6-2-4-7(5-3-6)17(15,16)10(14)8(11)9(12)13/h2-5,8-14H,1H3. The summed E-state index contributed by atoms with van der Waals surface area (Å²) in [6, 6.07) is 5.59. The van der Waals surface area contributed by atoms with Gasteiger partial charge in [0.15, 0.2) is 11.7 Å². The van der Waals surface area contributed by atoms with Crippen LogP contribution in [0.5, 0.6) is 0 Å².